The Balaban J connectivity index is 1.74. The van der Waals surface area contributed by atoms with Gasteiger partial charge in [-0.15, -0.1) is 11.8 Å². The molecule has 1 aliphatic heterocycles. The van der Waals surface area contributed by atoms with Crippen LogP contribution in [-0.2, 0) is 4.79 Å². The zero-order valence-corrected chi connectivity index (χ0v) is 18.3. The molecule has 0 bridgehead atoms. The van der Waals surface area contributed by atoms with Gasteiger partial charge in [-0.2, -0.15) is 0 Å². The number of aryl methyl sites for hydroxylation is 1. The molecule has 0 spiro atoms. The first-order valence-electron chi connectivity index (χ1n) is 10.0. The Morgan fingerprint density at radius 3 is 2.55 bits per heavy atom. The molecule has 2 aromatic carbocycles. The van der Waals surface area contributed by atoms with E-state index in [-0.39, 0.29) is 17.7 Å². The van der Waals surface area contributed by atoms with E-state index in [0.29, 0.717) is 16.5 Å². The molecule has 0 aliphatic carbocycles. The zero-order chi connectivity index (χ0) is 21.0. The van der Waals surface area contributed by atoms with Crippen LogP contribution in [0.25, 0.3) is 0 Å². The summed E-state index contributed by atoms with van der Waals surface area (Å²) >= 11 is 1.71. The molecule has 154 valence electrons. The van der Waals surface area contributed by atoms with Gasteiger partial charge in [0.1, 0.15) is 0 Å². The molecule has 1 unspecified atom stereocenters. The van der Waals surface area contributed by atoms with Crippen molar-refractivity contribution in [1.82, 2.24) is 4.90 Å². The molecule has 6 heteroatoms. The van der Waals surface area contributed by atoms with Gasteiger partial charge in [0.05, 0.1) is 11.6 Å². The van der Waals surface area contributed by atoms with E-state index in [1.54, 1.807) is 23.9 Å². The number of anilines is 2. The molecular formula is C23H29N3O2S. The Kier molecular flexibility index (Phi) is 6.98. The summed E-state index contributed by atoms with van der Waals surface area (Å²) in [6.45, 7) is 7.90. The molecule has 2 amide bonds. The average Bonchev–Trinajstić information content (AvgIpc) is 3.11. The highest BCUT2D eigenvalue weighted by atomic mass is 32.2. The maximum atomic E-state index is 12.9. The van der Waals surface area contributed by atoms with Crippen LogP contribution in [0.4, 0.5) is 11.4 Å². The summed E-state index contributed by atoms with van der Waals surface area (Å²) in [4.78, 5) is 28.7. The van der Waals surface area contributed by atoms with Crippen LogP contribution in [0.2, 0.25) is 0 Å². The number of benzene rings is 2. The first-order valence-corrected chi connectivity index (χ1v) is 10.9. The summed E-state index contributed by atoms with van der Waals surface area (Å²) in [6.07, 6.45) is 0.867. The topological polar surface area (TPSA) is 61.4 Å². The predicted molar refractivity (Wildman–Crippen MR) is 121 cm³/mol. The maximum absolute atomic E-state index is 12.9. The number of carbonyl (C=O) groups is 2. The summed E-state index contributed by atoms with van der Waals surface area (Å²) in [5, 5.41) is 6.45. The van der Waals surface area contributed by atoms with Crippen LogP contribution in [0.15, 0.2) is 47.4 Å². The van der Waals surface area contributed by atoms with Crippen LogP contribution in [0.5, 0.6) is 0 Å². The fourth-order valence-electron chi connectivity index (χ4n) is 3.40. The van der Waals surface area contributed by atoms with E-state index in [9.17, 15) is 9.59 Å². The van der Waals surface area contributed by atoms with E-state index in [1.807, 2.05) is 44.3 Å². The molecule has 0 aromatic heterocycles. The zero-order valence-electron chi connectivity index (χ0n) is 17.5. The lowest BCUT2D eigenvalue weighted by atomic mass is 10.1. The number of carbonyl (C=O) groups excluding carboxylic acids is 2. The van der Waals surface area contributed by atoms with Crippen LogP contribution in [0, 0.1) is 12.8 Å². The number of likely N-dealkylation sites (tertiary alicyclic amines) is 1. The molecule has 29 heavy (non-hydrogen) atoms. The number of amides is 2. The molecule has 0 radical (unpaired) electrons. The van der Waals surface area contributed by atoms with Gasteiger partial charge in [-0.05, 0) is 56.8 Å². The fourth-order valence-corrected chi connectivity index (χ4v) is 4.31. The Morgan fingerprint density at radius 1 is 1.10 bits per heavy atom. The summed E-state index contributed by atoms with van der Waals surface area (Å²) in [7, 11) is 2.03. The van der Waals surface area contributed by atoms with E-state index in [2.05, 4.69) is 29.4 Å². The number of thioether (sulfide) groups is 1. The summed E-state index contributed by atoms with van der Waals surface area (Å²) in [6, 6.07) is 13.2. The van der Waals surface area contributed by atoms with E-state index < -0.39 is 0 Å². The van der Waals surface area contributed by atoms with Crippen molar-refractivity contribution in [3.63, 3.8) is 0 Å². The minimum atomic E-state index is -0.182. The minimum Gasteiger partial charge on any atom is -0.326 e. The average molecular weight is 412 g/mol. The van der Waals surface area contributed by atoms with Gasteiger partial charge in [0, 0.05) is 27.9 Å². The molecule has 2 aromatic rings. The normalized spacial score (nSPS) is 16.8. The minimum absolute atomic E-state index is 0.00295. The predicted octanol–water partition coefficient (Wildman–Crippen LogP) is 4.64. The Hall–Kier alpha value is -2.31. The smallest absolute Gasteiger partial charge is 0.255 e. The standard InChI is InChI=1S/C23H29N3O2S/c1-15(2)29-21-8-6-5-7-19(21)24-22(27)17-10-9-16(3)20(13-17)25-23(28)18-11-12-26(4)14-18/h5-10,13,15,18H,11-12,14H2,1-4H3,(H,24,27)(H,25,28). The summed E-state index contributed by atoms with van der Waals surface area (Å²) in [5.74, 6) is -0.164. The molecular weight excluding hydrogens is 382 g/mol. The second-order valence-corrected chi connectivity index (χ2v) is 9.50. The highest BCUT2D eigenvalue weighted by molar-refractivity contribution is 8.00. The van der Waals surface area contributed by atoms with Crippen molar-refractivity contribution in [2.24, 2.45) is 5.92 Å². The van der Waals surface area contributed by atoms with Gasteiger partial charge in [0.2, 0.25) is 5.91 Å². The molecule has 1 fully saturated rings. The number of nitrogens with zero attached hydrogens (tertiary/aromatic N) is 1. The molecule has 5 nitrogen and oxygen atoms in total. The quantitative estimate of drug-likeness (QED) is 0.680. The third kappa shape index (κ3) is 5.61. The van der Waals surface area contributed by atoms with Crippen LogP contribution in [0.1, 0.15) is 36.2 Å². The van der Waals surface area contributed by atoms with E-state index >= 15 is 0 Å². The third-order valence-corrected chi connectivity index (χ3v) is 6.10. The second-order valence-electron chi connectivity index (χ2n) is 7.88. The van der Waals surface area contributed by atoms with Crippen molar-refractivity contribution in [3.05, 3.63) is 53.6 Å². The molecule has 0 saturated carbocycles. The molecule has 3 rings (SSSR count). The summed E-state index contributed by atoms with van der Waals surface area (Å²) < 4.78 is 0. The maximum Gasteiger partial charge on any atom is 0.255 e. The Bertz CT molecular complexity index is 897. The largest absolute Gasteiger partial charge is 0.326 e. The van der Waals surface area contributed by atoms with Crippen LogP contribution in [-0.4, -0.2) is 42.1 Å². The number of para-hydroxylation sites is 1. The molecule has 1 heterocycles. The van der Waals surface area contributed by atoms with Gasteiger partial charge in [-0.1, -0.05) is 32.0 Å². The lowest BCUT2D eigenvalue weighted by Gasteiger charge is -2.15. The first kappa shape index (κ1) is 21.4. The van der Waals surface area contributed by atoms with E-state index in [1.165, 1.54) is 0 Å². The van der Waals surface area contributed by atoms with Crippen molar-refractivity contribution in [2.75, 3.05) is 30.8 Å². The SMILES string of the molecule is Cc1ccc(C(=O)Nc2ccccc2SC(C)C)cc1NC(=O)C1CCN(C)C1. The summed E-state index contributed by atoms with van der Waals surface area (Å²) in [5.41, 5.74) is 2.97. The molecule has 1 saturated heterocycles. The van der Waals surface area contributed by atoms with Crippen LogP contribution in [0.3, 0.4) is 0 Å². The fraction of sp³-hybridized carbons (Fsp3) is 0.391. The van der Waals surface area contributed by atoms with Crippen LogP contribution < -0.4 is 10.6 Å². The van der Waals surface area contributed by atoms with Gasteiger partial charge in [0.25, 0.3) is 5.91 Å². The lowest BCUT2D eigenvalue weighted by molar-refractivity contribution is -0.119. The van der Waals surface area contributed by atoms with Crippen molar-refractivity contribution < 1.29 is 9.59 Å². The number of hydrogen-bond acceptors (Lipinski definition) is 4. The van der Waals surface area contributed by atoms with Gasteiger partial charge in [-0.3, -0.25) is 9.59 Å². The Labute approximate surface area is 177 Å². The first-order chi connectivity index (χ1) is 13.8. The third-order valence-electron chi connectivity index (χ3n) is 5.02. The van der Waals surface area contributed by atoms with Crippen molar-refractivity contribution in [3.8, 4) is 0 Å². The number of hydrogen-bond donors (Lipinski definition) is 2. The van der Waals surface area contributed by atoms with Crippen molar-refractivity contribution in [1.29, 1.82) is 0 Å². The van der Waals surface area contributed by atoms with Gasteiger partial charge >= 0.3 is 0 Å². The van der Waals surface area contributed by atoms with Gasteiger partial charge in [-0.25, -0.2) is 0 Å². The van der Waals surface area contributed by atoms with E-state index in [4.69, 9.17) is 0 Å². The van der Waals surface area contributed by atoms with Gasteiger partial charge in [0.15, 0.2) is 0 Å². The van der Waals surface area contributed by atoms with E-state index in [0.717, 1.165) is 35.7 Å². The molecule has 1 aliphatic rings. The van der Waals surface area contributed by atoms with Crippen molar-refractivity contribution >= 4 is 35.0 Å². The van der Waals surface area contributed by atoms with Crippen LogP contribution >= 0.6 is 11.8 Å². The van der Waals surface area contributed by atoms with Gasteiger partial charge < -0.3 is 15.5 Å². The molecule has 1 atom stereocenters. The number of nitrogens with one attached hydrogen (secondary N) is 2. The monoisotopic (exact) mass is 411 g/mol. The highest BCUT2D eigenvalue weighted by Gasteiger charge is 2.26. The lowest BCUT2D eigenvalue weighted by Crippen LogP contribution is -2.26. The van der Waals surface area contributed by atoms with Crippen molar-refractivity contribution in [2.45, 2.75) is 37.3 Å². The molecule has 2 N–H and O–H groups in total. The number of rotatable bonds is 6. The Morgan fingerprint density at radius 2 is 1.86 bits per heavy atom. The highest BCUT2D eigenvalue weighted by Crippen LogP contribution is 2.30. The second kappa shape index (κ2) is 9.46.